The number of ether oxygens (including phenoxy) is 1. The molecule has 2 heterocycles. The van der Waals surface area contributed by atoms with Crippen molar-refractivity contribution in [2.75, 3.05) is 18.6 Å². The van der Waals surface area contributed by atoms with Gasteiger partial charge in [-0.25, -0.2) is 4.79 Å². The Morgan fingerprint density at radius 1 is 1.29 bits per heavy atom. The highest BCUT2D eigenvalue weighted by Crippen LogP contribution is 2.33. The number of aliphatic carboxylic acids is 1. The summed E-state index contributed by atoms with van der Waals surface area (Å²) >= 11 is 1.54. The standard InChI is InChI=1S/C23H29N3O4S/c1-4-5-11-26-20-13-16(6-7-17(20)18-8-10-24-15(2)22(18)26)30-14-21(27)25-19(23(28)29)9-12-31-3/h6-8,10,13,19H,4-5,9,11-12,14H2,1-3H3,(H,25,27)(H,28,29)/t19-/m0/s1. The number of amides is 1. The monoisotopic (exact) mass is 443 g/mol. The summed E-state index contributed by atoms with van der Waals surface area (Å²) in [5.74, 6) is -0.246. The molecule has 166 valence electrons. The minimum atomic E-state index is -1.03. The fourth-order valence-electron chi connectivity index (χ4n) is 3.72. The third-order valence-corrected chi connectivity index (χ3v) is 5.92. The molecule has 0 fully saturated rings. The number of hydrogen-bond donors (Lipinski definition) is 2. The normalized spacial score (nSPS) is 12.2. The lowest BCUT2D eigenvalue weighted by atomic mass is 10.1. The van der Waals surface area contributed by atoms with Gasteiger partial charge in [-0.3, -0.25) is 9.78 Å². The summed E-state index contributed by atoms with van der Waals surface area (Å²) in [6, 6.07) is 6.92. The Labute approximate surface area is 186 Å². The van der Waals surface area contributed by atoms with Gasteiger partial charge in [0.1, 0.15) is 11.8 Å². The number of carboxylic acids is 1. The minimum absolute atomic E-state index is 0.232. The molecule has 31 heavy (non-hydrogen) atoms. The maximum Gasteiger partial charge on any atom is 0.326 e. The van der Waals surface area contributed by atoms with Gasteiger partial charge in [-0.2, -0.15) is 11.8 Å². The predicted molar refractivity (Wildman–Crippen MR) is 125 cm³/mol. The molecule has 0 saturated carbocycles. The molecule has 2 aromatic heterocycles. The molecule has 0 spiro atoms. The van der Waals surface area contributed by atoms with Crippen molar-refractivity contribution in [2.45, 2.75) is 45.7 Å². The van der Waals surface area contributed by atoms with Crippen LogP contribution >= 0.6 is 11.8 Å². The van der Waals surface area contributed by atoms with Crippen molar-refractivity contribution in [1.29, 1.82) is 0 Å². The van der Waals surface area contributed by atoms with Gasteiger partial charge in [-0.05, 0) is 50.0 Å². The number of fused-ring (bicyclic) bond motifs is 3. The maximum absolute atomic E-state index is 12.2. The van der Waals surface area contributed by atoms with E-state index in [1.807, 2.05) is 43.6 Å². The van der Waals surface area contributed by atoms with E-state index in [4.69, 9.17) is 4.74 Å². The molecular weight excluding hydrogens is 414 g/mol. The molecule has 0 aliphatic carbocycles. The van der Waals surface area contributed by atoms with Crippen molar-refractivity contribution in [3.63, 3.8) is 0 Å². The predicted octanol–water partition coefficient (Wildman–Crippen LogP) is 4.00. The minimum Gasteiger partial charge on any atom is -0.484 e. The summed E-state index contributed by atoms with van der Waals surface area (Å²) in [5, 5.41) is 14.1. The summed E-state index contributed by atoms with van der Waals surface area (Å²) in [6.45, 7) is 4.82. The SMILES string of the molecule is CCCCn1c2cc(OCC(=O)N[C@@H](CCSC)C(=O)O)ccc2c2ccnc(C)c21. The summed E-state index contributed by atoms with van der Waals surface area (Å²) in [4.78, 5) is 28.0. The van der Waals surface area contributed by atoms with E-state index in [9.17, 15) is 14.7 Å². The van der Waals surface area contributed by atoms with Crippen LogP contribution in [-0.2, 0) is 16.1 Å². The van der Waals surface area contributed by atoms with Crippen molar-refractivity contribution < 1.29 is 19.4 Å². The highest BCUT2D eigenvalue weighted by atomic mass is 32.2. The number of benzene rings is 1. The number of nitrogens with one attached hydrogen (secondary N) is 1. The van der Waals surface area contributed by atoms with Crippen LogP contribution in [0.4, 0.5) is 0 Å². The van der Waals surface area contributed by atoms with E-state index in [1.54, 1.807) is 11.8 Å². The molecule has 1 atom stereocenters. The highest BCUT2D eigenvalue weighted by Gasteiger charge is 2.20. The summed E-state index contributed by atoms with van der Waals surface area (Å²) < 4.78 is 7.98. The molecule has 0 aliphatic rings. The zero-order valence-corrected chi connectivity index (χ0v) is 19.0. The first-order chi connectivity index (χ1) is 15.0. The van der Waals surface area contributed by atoms with E-state index in [1.165, 1.54) is 0 Å². The largest absolute Gasteiger partial charge is 0.484 e. The van der Waals surface area contributed by atoms with Crippen LogP contribution in [0, 0.1) is 6.92 Å². The molecule has 0 aliphatic heterocycles. The molecule has 3 aromatic rings. The van der Waals surface area contributed by atoms with Crippen LogP contribution in [0.25, 0.3) is 21.8 Å². The Bertz CT molecular complexity index is 1080. The first-order valence-corrected chi connectivity index (χ1v) is 11.9. The Morgan fingerprint density at radius 2 is 2.10 bits per heavy atom. The topological polar surface area (TPSA) is 93.5 Å². The van der Waals surface area contributed by atoms with E-state index in [-0.39, 0.29) is 6.61 Å². The van der Waals surface area contributed by atoms with E-state index in [0.717, 1.165) is 46.9 Å². The van der Waals surface area contributed by atoms with Gasteiger partial charge in [0.25, 0.3) is 5.91 Å². The number of nitrogens with zero attached hydrogens (tertiary/aromatic N) is 2. The Morgan fingerprint density at radius 3 is 2.81 bits per heavy atom. The summed E-state index contributed by atoms with van der Waals surface area (Å²) in [5.41, 5.74) is 3.15. The average molecular weight is 444 g/mol. The first kappa shape index (κ1) is 22.9. The third-order valence-electron chi connectivity index (χ3n) is 5.28. The number of rotatable bonds is 11. The fraction of sp³-hybridized carbons (Fsp3) is 0.435. The van der Waals surface area contributed by atoms with Gasteiger partial charge in [0.2, 0.25) is 0 Å². The molecule has 2 N–H and O–H groups in total. The zero-order chi connectivity index (χ0) is 22.4. The summed E-state index contributed by atoms with van der Waals surface area (Å²) in [7, 11) is 0. The second kappa shape index (κ2) is 10.5. The number of carbonyl (C=O) groups is 2. The molecule has 3 rings (SSSR count). The van der Waals surface area contributed by atoms with Crippen LogP contribution in [0.3, 0.4) is 0 Å². The van der Waals surface area contributed by atoms with E-state index in [2.05, 4.69) is 21.8 Å². The Hall–Kier alpha value is -2.74. The zero-order valence-electron chi connectivity index (χ0n) is 18.2. The van der Waals surface area contributed by atoms with Crippen molar-refractivity contribution in [3.8, 4) is 5.75 Å². The van der Waals surface area contributed by atoms with Crippen molar-refractivity contribution >= 4 is 45.4 Å². The average Bonchev–Trinajstić information content (AvgIpc) is 3.07. The van der Waals surface area contributed by atoms with Crippen LogP contribution in [0.2, 0.25) is 0 Å². The fourth-order valence-corrected chi connectivity index (χ4v) is 4.19. The Balaban J connectivity index is 1.80. The van der Waals surface area contributed by atoms with Gasteiger partial charge in [0.15, 0.2) is 6.61 Å². The Kier molecular flexibility index (Phi) is 7.79. The molecule has 1 aromatic carbocycles. The lowest BCUT2D eigenvalue weighted by Crippen LogP contribution is -2.43. The molecule has 7 nitrogen and oxygen atoms in total. The van der Waals surface area contributed by atoms with Gasteiger partial charge in [0, 0.05) is 29.6 Å². The van der Waals surface area contributed by atoms with Gasteiger partial charge in [-0.1, -0.05) is 13.3 Å². The number of carbonyl (C=O) groups excluding carboxylic acids is 1. The van der Waals surface area contributed by atoms with Crippen molar-refractivity contribution in [3.05, 3.63) is 36.2 Å². The number of aryl methyl sites for hydroxylation is 2. The number of thioether (sulfide) groups is 1. The number of aromatic nitrogens is 2. The van der Waals surface area contributed by atoms with Crippen LogP contribution < -0.4 is 10.1 Å². The molecule has 8 heteroatoms. The lowest BCUT2D eigenvalue weighted by molar-refractivity contribution is -0.142. The van der Waals surface area contributed by atoms with Gasteiger partial charge in [-0.15, -0.1) is 0 Å². The highest BCUT2D eigenvalue weighted by molar-refractivity contribution is 7.98. The third kappa shape index (κ3) is 5.31. The number of unbranched alkanes of at least 4 members (excludes halogenated alkanes) is 1. The molecule has 0 saturated heterocycles. The van der Waals surface area contributed by atoms with Gasteiger partial charge in [0.05, 0.1) is 16.7 Å². The molecular formula is C23H29N3O4S. The van der Waals surface area contributed by atoms with Crippen LogP contribution in [0.1, 0.15) is 31.9 Å². The number of pyridine rings is 1. The second-order valence-corrected chi connectivity index (χ2v) is 8.49. The summed E-state index contributed by atoms with van der Waals surface area (Å²) in [6.07, 6.45) is 6.23. The van der Waals surface area contributed by atoms with Crippen LogP contribution in [0.5, 0.6) is 5.75 Å². The smallest absolute Gasteiger partial charge is 0.326 e. The quantitative estimate of drug-likeness (QED) is 0.465. The first-order valence-electron chi connectivity index (χ1n) is 10.5. The van der Waals surface area contributed by atoms with Crippen LogP contribution in [-0.4, -0.2) is 51.2 Å². The van der Waals surface area contributed by atoms with Crippen molar-refractivity contribution in [2.24, 2.45) is 0 Å². The van der Waals surface area contributed by atoms with Crippen LogP contribution in [0.15, 0.2) is 30.5 Å². The van der Waals surface area contributed by atoms with E-state index < -0.39 is 17.9 Å². The number of carboxylic acid groups (broad SMARTS) is 1. The maximum atomic E-state index is 12.2. The number of hydrogen-bond acceptors (Lipinski definition) is 5. The lowest BCUT2D eigenvalue weighted by Gasteiger charge is -2.14. The van der Waals surface area contributed by atoms with Gasteiger partial charge < -0.3 is 19.7 Å². The van der Waals surface area contributed by atoms with E-state index in [0.29, 0.717) is 17.9 Å². The molecule has 1 amide bonds. The second-order valence-electron chi connectivity index (χ2n) is 7.51. The van der Waals surface area contributed by atoms with Crippen molar-refractivity contribution in [1.82, 2.24) is 14.9 Å². The van der Waals surface area contributed by atoms with Gasteiger partial charge >= 0.3 is 5.97 Å². The molecule has 0 bridgehead atoms. The van der Waals surface area contributed by atoms with E-state index >= 15 is 0 Å². The molecule has 0 unspecified atom stereocenters. The molecule has 0 radical (unpaired) electrons.